The van der Waals surface area contributed by atoms with Gasteiger partial charge in [0.1, 0.15) is 0 Å². The van der Waals surface area contributed by atoms with Crippen LogP contribution < -0.4 is 10.6 Å². The summed E-state index contributed by atoms with van der Waals surface area (Å²) in [6.07, 6.45) is 1.66. The fraction of sp³-hybridized carbons (Fsp3) is 0.579. The van der Waals surface area contributed by atoms with Gasteiger partial charge in [0.15, 0.2) is 0 Å². The number of rotatable bonds is 6. The Morgan fingerprint density at radius 2 is 1.79 bits per heavy atom. The molecule has 0 spiro atoms. The van der Waals surface area contributed by atoms with E-state index in [0.29, 0.717) is 12.5 Å². The molecule has 2 rings (SSSR count). The van der Waals surface area contributed by atoms with Crippen LogP contribution in [0.2, 0.25) is 0 Å². The van der Waals surface area contributed by atoms with Crippen LogP contribution >= 0.6 is 0 Å². The lowest BCUT2D eigenvalue weighted by Gasteiger charge is -2.32. The lowest BCUT2D eigenvalue weighted by molar-refractivity contribution is -0.130. The van der Waals surface area contributed by atoms with E-state index in [2.05, 4.69) is 36.6 Å². The number of carbonyl (C=O) groups is 2. The molecule has 0 aromatic heterocycles. The predicted octanol–water partition coefficient (Wildman–Crippen LogP) is 2.10. The molecule has 24 heavy (non-hydrogen) atoms. The van der Waals surface area contributed by atoms with E-state index < -0.39 is 0 Å². The molecule has 5 heteroatoms. The van der Waals surface area contributed by atoms with Gasteiger partial charge in [0.25, 0.3) is 0 Å². The average molecular weight is 331 g/mol. The number of hydrogen-bond donors (Lipinski definition) is 2. The van der Waals surface area contributed by atoms with Crippen LogP contribution in [0.15, 0.2) is 30.3 Å². The van der Waals surface area contributed by atoms with Gasteiger partial charge in [0.2, 0.25) is 11.8 Å². The van der Waals surface area contributed by atoms with Crippen molar-refractivity contribution in [2.24, 2.45) is 5.92 Å². The van der Waals surface area contributed by atoms with E-state index >= 15 is 0 Å². The van der Waals surface area contributed by atoms with E-state index in [1.165, 1.54) is 5.56 Å². The molecule has 0 saturated carbocycles. The predicted molar refractivity (Wildman–Crippen MR) is 95.4 cm³/mol. The van der Waals surface area contributed by atoms with Crippen LogP contribution in [0.25, 0.3) is 0 Å². The Morgan fingerprint density at radius 3 is 2.33 bits per heavy atom. The Hall–Kier alpha value is -1.88. The summed E-state index contributed by atoms with van der Waals surface area (Å²) in [6, 6.07) is 10.6. The lowest BCUT2D eigenvalue weighted by atomic mass is 9.96. The third kappa shape index (κ3) is 5.34. The maximum atomic E-state index is 12.2. The number of hydrogen-bond acceptors (Lipinski definition) is 3. The van der Waals surface area contributed by atoms with E-state index in [0.717, 1.165) is 25.9 Å². The smallest absolute Gasteiger partial charge is 0.234 e. The van der Waals surface area contributed by atoms with Crippen molar-refractivity contribution in [3.05, 3.63) is 35.9 Å². The molecule has 1 fully saturated rings. The van der Waals surface area contributed by atoms with Crippen LogP contribution in [-0.4, -0.2) is 42.4 Å². The van der Waals surface area contributed by atoms with Gasteiger partial charge in [-0.1, -0.05) is 44.2 Å². The largest absolute Gasteiger partial charge is 0.352 e. The molecule has 0 aliphatic carbocycles. The van der Waals surface area contributed by atoms with Crippen LogP contribution in [0.5, 0.6) is 0 Å². The summed E-state index contributed by atoms with van der Waals surface area (Å²) in [7, 11) is 0. The van der Waals surface area contributed by atoms with Crippen molar-refractivity contribution in [3.63, 3.8) is 0 Å². The Labute approximate surface area is 144 Å². The summed E-state index contributed by atoms with van der Waals surface area (Å²) in [6.45, 7) is 7.67. The first-order chi connectivity index (χ1) is 11.5. The molecule has 1 unspecified atom stereocenters. The first-order valence-electron chi connectivity index (χ1n) is 8.80. The zero-order chi connectivity index (χ0) is 17.5. The minimum absolute atomic E-state index is 0.0258. The van der Waals surface area contributed by atoms with Gasteiger partial charge in [-0.25, -0.2) is 0 Å². The number of piperidine rings is 1. The van der Waals surface area contributed by atoms with Gasteiger partial charge in [-0.2, -0.15) is 0 Å². The van der Waals surface area contributed by atoms with Crippen LogP contribution in [0.4, 0.5) is 0 Å². The molecule has 2 amide bonds. The number of likely N-dealkylation sites (tertiary alicyclic amines) is 1. The molecule has 1 aliphatic heterocycles. The average Bonchev–Trinajstić information content (AvgIpc) is 2.56. The monoisotopic (exact) mass is 331 g/mol. The number of carbonyl (C=O) groups excluding carboxylic acids is 2. The van der Waals surface area contributed by atoms with Gasteiger partial charge in [-0.3, -0.25) is 9.59 Å². The number of nitrogens with zero attached hydrogens (tertiary/aromatic N) is 1. The maximum Gasteiger partial charge on any atom is 0.234 e. The van der Waals surface area contributed by atoms with E-state index in [4.69, 9.17) is 0 Å². The van der Waals surface area contributed by atoms with Crippen molar-refractivity contribution in [1.82, 2.24) is 15.5 Å². The first kappa shape index (κ1) is 18.5. The molecule has 1 aromatic carbocycles. The minimum atomic E-state index is 0.0258. The summed E-state index contributed by atoms with van der Waals surface area (Å²) in [5.74, 6) is 0.543. The van der Waals surface area contributed by atoms with Crippen molar-refractivity contribution >= 4 is 11.8 Å². The van der Waals surface area contributed by atoms with Crippen molar-refractivity contribution in [1.29, 1.82) is 0 Å². The van der Waals surface area contributed by atoms with Gasteiger partial charge in [-0.15, -0.1) is 0 Å². The molecule has 1 aliphatic rings. The number of nitrogens with one attached hydrogen (secondary N) is 2. The summed E-state index contributed by atoms with van der Waals surface area (Å²) in [4.78, 5) is 25.4. The maximum absolute atomic E-state index is 12.2. The fourth-order valence-electron chi connectivity index (χ4n) is 3.22. The van der Waals surface area contributed by atoms with Crippen molar-refractivity contribution in [3.8, 4) is 0 Å². The molecular weight excluding hydrogens is 302 g/mol. The highest BCUT2D eigenvalue weighted by atomic mass is 16.2. The second-order valence-corrected chi connectivity index (χ2v) is 6.86. The van der Waals surface area contributed by atoms with Gasteiger partial charge >= 0.3 is 0 Å². The normalized spacial score (nSPS) is 16.9. The Balaban J connectivity index is 1.79. The zero-order valence-electron chi connectivity index (χ0n) is 14.9. The lowest BCUT2D eigenvalue weighted by Crippen LogP contribution is -2.48. The summed E-state index contributed by atoms with van der Waals surface area (Å²) >= 11 is 0. The first-order valence-corrected chi connectivity index (χ1v) is 8.80. The molecule has 132 valence electrons. The van der Waals surface area contributed by atoms with Crippen molar-refractivity contribution in [2.75, 3.05) is 19.6 Å². The van der Waals surface area contributed by atoms with E-state index in [1.54, 1.807) is 6.92 Å². The fourth-order valence-corrected chi connectivity index (χ4v) is 3.22. The molecule has 5 nitrogen and oxygen atoms in total. The molecule has 1 aromatic rings. The highest BCUT2D eigenvalue weighted by Gasteiger charge is 2.22. The van der Waals surface area contributed by atoms with Crippen LogP contribution in [-0.2, 0) is 9.59 Å². The van der Waals surface area contributed by atoms with Crippen LogP contribution in [0.3, 0.4) is 0 Å². The van der Waals surface area contributed by atoms with Gasteiger partial charge in [0.05, 0.1) is 6.54 Å². The summed E-state index contributed by atoms with van der Waals surface area (Å²) in [5, 5.41) is 6.46. The van der Waals surface area contributed by atoms with Gasteiger partial charge < -0.3 is 15.5 Å². The summed E-state index contributed by atoms with van der Waals surface area (Å²) < 4.78 is 0. The Morgan fingerprint density at radius 1 is 1.17 bits per heavy atom. The zero-order valence-corrected chi connectivity index (χ0v) is 14.9. The van der Waals surface area contributed by atoms with Gasteiger partial charge in [-0.05, 0) is 24.3 Å². The standard InChI is InChI=1S/C19H29N3O2/c1-14(2)19(16-7-5-4-6-8-16)20-13-18(24)21-17-9-11-22(12-10-17)15(3)23/h4-8,14,17,19-20H,9-13H2,1-3H3,(H,21,24). The van der Waals surface area contributed by atoms with E-state index in [1.807, 2.05) is 23.1 Å². The molecular formula is C19H29N3O2. The minimum Gasteiger partial charge on any atom is -0.352 e. The number of amides is 2. The summed E-state index contributed by atoms with van der Waals surface area (Å²) in [5.41, 5.74) is 1.20. The Bertz CT molecular complexity index is 537. The quantitative estimate of drug-likeness (QED) is 0.839. The van der Waals surface area contributed by atoms with Crippen molar-refractivity contribution < 1.29 is 9.59 Å². The van der Waals surface area contributed by atoms with E-state index in [9.17, 15) is 9.59 Å². The molecule has 0 radical (unpaired) electrons. The highest BCUT2D eigenvalue weighted by Crippen LogP contribution is 2.20. The molecule has 1 saturated heterocycles. The SMILES string of the molecule is CC(=O)N1CCC(NC(=O)CNC(c2ccccc2)C(C)C)CC1. The molecule has 1 atom stereocenters. The molecule has 1 heterocycles. The second-order valence-electron chi connectivity index (χ2n) is 6.86. The number of benzene rings is 1. The highest BCUT2D eigenvalue weighted by molar-refractivity contribution is 5.78. The van der Waals surface area contributed by atoms with Crippen molar-refractivity contribution in [2.45, 2.75) is 45.7 Å². The second kappa shape index (κ2) is 8.83. The third-order valence-electron chi connectivity index (χ3n) is 4.61. The van der Waals surface area contributed by atoms with Gasteiger partial charge in [0, 0.05) is 32.1 Å². The molecule has 0 bridgehead atoms. The third-order valence-corrected chi connectivity index (χ3v) is 4.61. The molecule has 2 N–H and O–H groups in total. The van der Waals surface area contributed by atoms with Crippen LogP contribution in [0.1, 0.15) is 45.2 Å². The van der Waals surface area contributed by atoms with E-state index in [-0.39, 0.29) is 23.9 Å². The topological polar surface area (TPSA) is 61.4 Å². The van der Waals surface area contributed by atoms with Crippen LogP contribution in [0, 0.1) is 5.92 Å². The Kier molecular flexibility index (Phi) is 6.79.